The van der Waals surface area contributed by atoms with Crippen LogP contribution in [0.25, 0.3) is 6.08 Å². The van der Waals surface area contributed by atoms with Gasteiger partial charge in [0.25, 0.3) is 5.91 Å². The highest BCUT2D eigenvalue weighted by Gasteiger charge is 2.31. The SMILES string of the molecule is O=C(CCN1C(=O)C(=CC=Cc2ccccc2)SC1=S)NCCCn1ccnc1. The number of aromatic nitrogens is 2. The molecule has 2 heterocycles. The molecule has 2 aromatic rings. The number of aryl methyl sites for hydroxylation is 1. The Bertz CT molecular complexity index is 908. The third kappa shape index (κ3) is 6.40. The largest absolute Gasteiger partial charge is 0.356 e. The number of benzene rings is 1. The summed E-state index contributed by atoms with van der Waals surface area (Å²) in [6, 6.07) is 9.86. The Morgan fingerprint density at radius 1 is 1.24 bits per heavy atom. The molecule has 8 heteroatoms. The van der Waals surface area contributed by atoms with Crippen LogP contribution in [0, 0.1) is 0 Å². The van der Waals surface area contributed by atoms with Crippen molar-refractivity contribution >= 4 is 46.2 Å². The van der Waals surface area contributed by atoms with E-state index >= 15 is 0 Å². The van der Waals surface area contributed by atoms with Crippen molar-refractivity contribution in [1.82, 2.24) is 19.8 Å². The van der Waals surface area contributed by atoms with E-state index < -0.39 is 0 Å². The highest BCUT2D eigenvalue weighted by molar-refractivity contribution is 8.26. The lowest BCUT2D eigenvalue weighted by Gasteiger charge is -2.14. The van der Waals surface area contributed by atoms with Gasteiger partial charge in [-0.05, 0) is 18.1 Å². The lowest BCUT2D eigenvalue weighted by atomic mass is 10.2. The molecule has 0 spiro atoms. The maximum Gasteiger partial charge on any atom is 0.266 e. The van der Waals surface area contributed by atoms with Gasteiger partial charge in [0, 0.05) is 38.4 Å². The maximum atomic E-state index is 12.5. The van der Waals surface area contributed by atoms with E-state index in [1.165, 1.54) is 16.7 Å². The second-order valence-corrected chi connectivity index (χ2v) is 8.06. The van der Waals surface area contributed by atoms with E-state index in [2.05, 4.69) is 10.3 Å². The van der Waals surface area contributed by atoms with E-state index in [-0.39, 0.29) is 24.8 Å². The molecule has 1 N–H and O–H groups in total. The predicted molar refractivity (Wildman–Crippen MR) is 120 cm³/mol. The Labute approximate surface area is 179 Å². The number of amides is 2. The van der Waals surface area contributed by atoms with Crippen molar-refractivity contribution in [3.63, 3.8) is 0 Å². The predicted octanol–water partition coefficient (Wildman–Crippen LogP) is 3.24. The molecule has 0 aliphatic carbocycles. The van der Waals surface area contributed by atoms with Crippen LogP contribution >= 0.6 is 24.0 Å². The number of hydrogen-bond donors (Lipinski definition) is 1. The van der Waals surface area contributed by atoms with Crippen molar-refractivity contribution in [2.75, 3.05) is 13.1 Å². The molecule has 6 nitrogen and oxygen atoms in total. The van der Waals surface area contributed by atoms with E-state index in [0.717, 1.165) is 18.5 Å². The van der Waals surface area contributed by atoms with Crippen molar-refractivity contribution in [2.45, 2.75) is 19.4 Å². The van der Waals surface area contributed by atoms with Crippen LogP contribution in [0.2, 0.25) is 0 Å². The summed E-state index contributed by atoms with van der Waals surface area (Å²) in [5, 5.41) is 2.88. The molecular weight excluding hydrogens is 404 g/mol. The lowest BCUT2D eigenvalue weighted by Crippen LogP contribution is -2.34. The molecule has 1 aromatic heterocycles. The number of allylic oxidation sites excluding steroid dienone is 2. The first kappa shape index (κ1) is 21.0. The van der Waals surface area contributed by atoms with Crippen molar-refractivity contribution in [1.29, 1.82) is 0 Å². The van der Waals surface area contributed by atoms with Crippen molar-refractivity contribution in [3.05, 3.63) is 71.7 Å². The Kier molecular flexibility index (Phi) is 7.77. The molecular formula is C21H22N4O2S2. The van der Waals surface area contributed by atoms with E-state index in [4.69, 9.17) is 12.2 Å². The third-order valence-corrected chi connectivity index (χ3v) is 5.64. The highest BCUT2D eigenvalue weighted by atomic mass is 32.2. The molecule has 0 saturated carbocycles. The zero-order valence-corrected chi connectivity index (χ0v) is 17.5. The topological polar surface area (TPSA) is 67.2 Å². The van der Waals surface area contributed by atoms with Crippen molar-refractivity contribution in [3.8, 4) is 0 Å². The summed E-state index contributed by atoms with van der Waals surface area (Å²) in [4.78, 5) is 30.6. The first-order valence-corrected chi connectivity index (χ1v) is 10.6. The summed E-state index contributed by atoms with van der Waals surface area (Å²) in [5.41, 5.74) is 1.06. The van der Waals surface area contributed by atoms with Crippen LogP contribution in [0.5, 0.6) is 0 Å². The molecule has 1 fully saturated rings. The van der Waals surface area contributed by atoms with Gasteiger partial charge in [0.15, 0.2) is 0 Å². The van der Waals surface area contributed by atoms with E-state index in [1.807, 2.05) is 53.2 Å². The summed E-state index contributed by atoms with van der Waals surface area (Å²) in [7, 11) is 0. The van der Waals surface area contributed by atoms with Gasteiger partial charge >= 0.3 is 0 Å². The maximum absolute atomic E-state index is 12.5. The van der Waals surface area contributed by atoms with Crippen LogP contribution < -0.4 is 5.32 Å². The minimum absolute atomic E-state index is 0.0855. The van der Waals surface area contributed by atoms with Gasteiger partial charge < -0.3 is 9.88 Å². The number of imidazole rings is 1. The standard InChI is InChI=1S/C21H22N4O2S2/c26-19(23-11-5-13-24-15-12-22-16-24)10-14-25-20(27)18(29-21(25)28)9-4-8-17-6-2-1-3-7-17/h1-4,6-9,12,15-16H,5,10-11,13-14H2,(H,23,26). The van der Waals surface area contributed by atoms with Gasteiger partial charge in [0.1, 0.15) is 4.32 Å². The Balaban J connectivity index is 1.41. The molecule has 0 bridgehead atoms. The average Bonchev–Trinajstić information content (AvgIpc) is 3.33. The van der Waals surface area contributed by atoms with E-state index in [9.17, 15) is 9.59 Å². The second-order valence-electron chi connectivity index (χ2n) is 6.38. The summed E-state index contributed by atoms with van der Waals surface area (Å²) < 4.78 is 2.45. The van der Waals surface area contributed by atoms with Crippen LogP contribution in [0.4, 0.5) is 0 Å². The minimum atomic E-state index is -0.148. The van der Waals surface area contributed by atoms with Gasteiger partial charge in [-0.2, -0.15) is 0 Å². The third-order valence-electron chi connectivity index (χ3n) is 4.25. The van der Waals surface area contributed by atoms with Gasteiger partial charge in [-0.1, -0.05) is 66.5 Å². The molecule has 2 amide bonds. The molecule has 0 atom stereocenters. The Hall–Kier alpha value is -2.71. The number of thiocarbonyl (C=S) groups is 1. The van der Waals surface area contributed by atoms with E-state index in [0.29, 0.717) is 15.8 Å². The van der Waals surface area contributed by atoms with Crippen LogP contribution in [-0.2, 0) is 16.1 Å². The average molecular weight is 427 g/mol. The van der Waals surface area contributed by atoms with Gasteiger partial charge in [0.05, 0.1) is 11.2 Å². The van der Waals surface area contributed by atoms with E-state index in [1.54, 1.807) is 18.6 Å². The zero-order valence-electron chi connectivity index (χ0n) is 15.9. The fourth-order valence-electron chi connectivity index (χ4n) is 2.73. The number of carbonyl (C=O) groups is 2. The lowest BCUT2D eigenvalue weighted by molar-refractivity contribution is -0.123. The second kappa shape index (κ2) is 10.7. The Morgan fingerprint density at radius 2 is 2.07 bits per heavy atom. The molecule has 1 aromatic carbocycles. The summed E-state index contributed by atoms with van der Waals surface area (Å²) in [5.74, 6) is -0.233. The number of nitrogens with zero attached hydrogens (tertiary/aromatic N) is 3. The number of hydrogen-bond acceptors (Lipinski definition) is 5. The zero-order chi connectivity index (χ0) is 20.5. The van der Waals surface area contributed by atoms with Crippen molar-refractivity contribution in [2.24, 2.45) is 0 Å². The highest BCUT2D eigenvalue weighted by Crippen LogP contribution is 2.31. The molecule has 3 rings (SSSR count). The molecule has 0 unspecified atom stereocenters. The fourth-order valence-corrected chi connectivity index (χ4v) is 3.99. The normalized spacial score (nSPS) is 15.6. The van der Waals surface area contributed by atoms with Crippen LogP contribution in [0.3, 0.4) is 0 Å². The van der Waals surface area contributed by atoms with Crippen molar-refractivity contribution < 1.29 is 9.59 Å². The summed E-state index contributed by atoms with van der Waals surface area (Å²) >= 11 is 6.57. The number of carbonyl (C=O) groups excluding carboxylic acids is 2. The van der Waals surface area contributed by atoms with Gasteiger partial charge in [-0.25, -0.2) is 4.98 Å². The van der Waals surface area contributed by atoms with Gasteiger partial charge in [-0.3, -0.25) is 14.5 Å². The molecule has 1 aliphatic rings. The molecule has 1 saturated heterocycles. The monoisotopic (exact) mass is 426 g/mol. The van der Waals surface area contributed by atoms with Gasteiger partial charge in [0.2, 0.25) is 5.91 Å². The quantitative estimate of drug-likeness (QED) is 0.379. The molecule has 150 valence electrons. The summed E-state index contributed by atoms with van der Waals surface area (Å²) in [6.45, 7) is 1.67. The number of nitrogens with one attached hydrogen (secondary N) is 1. The number of rotatable bonds is 9. The van der Waals surface area contributed by atoms with Crippen LogP contribution in [0.1, 0.15) is 18.4 Å². The molecule has 29 heavy (non-hydrogen) atoms. The number of thioether (sulfide) groups is 1. The summed E-state index contributed by atoms with van der Waals surface area (Å²) in [6.07, 6.45) is 12.0. The Morgan fingerprint density at radius 3 is 2.83 bits per heavy atom. The first-order chi connectivity index (χ1) is 14.1. The smallest absolute Gasteiger partial charge is 0.266 e. The fraction of sp³-hybridized carbons (Fsp3) is 0.238. The minimum Gasteiger partial charge on any atom is -0.356 e. The molecule has 1 aliphatic heterocycles. The van der Waals surface area contributed by atoms with Gasteiger partial charge in [-0.15, -0.1) is 0 Å². The van der Waals surface area contributed by atoms with Crippen LogP contribution in [0.15, 0.2) is 66.1 Å². The molecule has 0 radical (unpaired) electrons. The van der Waals surface area contributed by atoms with Crippen LogP contribution in [-0.4, -0.2) is 43.7 Å². The first-order valence-electron chi connectivity index (χ1n) is 9.33.